The molecule has 1 saturated heterocycles. The quantitative estimate of drug-likeness (QED) is 0.511. The van der Waals surface area contributed by atoms with E-state index in [1.54, 1.807) is 47.4 Å². The summed E-state index contributed by atoms with van der Waals surface area (Å²) in [7, 11) is 4.46. The molecule has 0 aromatic heterocycles. The maximum absolute atomic E-state index is 13.0. The number of nitrogens with zero attached hydrogens (tertiary/aromatic N) is 1. The highest BCUT2D eigenvalue weighted by Gasteiger charge is 2.33. The highest BCUT2D eigenvalue weighted by Crippen LogP contribution is 2.38. The van der Waals surface area contributed by atoms with Gasteiger partial charge in [-0.05, 0) is 43.7 Å². The van der Waals surface area contributed by atoms with E-state index in [0.29, 0.717) is 41.3 Å². The van der Waals surface area contributed by atoms with E-state index < -0.39 is 17.9 Å². The molecule has 8 heteroatoms. The molecule has 2 amide bonds. The van der Waals surface area contributed by atoms with Crippen LogP contribution < -0.4 is 19.5 Å². The van der Waals surface area contributed by atoms with Gasteiger partial charge in [0.2, 0.25) is 11.7 Å². The van der Waals surface area contributed by atoms with Crippen molar-refractivity contribution in [3.8, 4) is 17.2 Å². The van der Waals surface area contributed by atoms with Crippen molar-refractivity contribution < 1.29 is 28.6 Å². The summed E-state index contributed by atoms with van der Waals surface area (Å²) < 4.78 is 15.9. The molecule has 0 spiro atoms. The van der Waals surface area contributed by atoms with Gasteiger partial charge >= 0.3 is 0 Å². The number of ketones is 1. The Morgan fingerprint density at radius 2 is 1.61 bits per heavy atom. The van der Waals surface area contributed by atoms with Gasteiger partial charge in [-0.15, -0.1) is 0 Å². The van der Waals surface area contributed by atoms with Crippen molar-refractivity contribution >= 4 is 17.6 Å². The molecule has 0 unspecified atom stereocenters. The number of hydrogen-bond acceptors (Lipinski definition) is 7. The first-order valence-electron chi connectivity index (χ1n) is 9.96. The number of imide groups is 1. The van der Waals surface area contributed by atoms with Crippen molar-refractivity contribution in [2.45, 2.75) is 18.9 Å². The lowest BCUT2D eigenvalue weighted by molar-refractivity contribution is -0.124. The van der Waals surface area contributed by atoms with Gasteiger partial charge in [0, 0.05) is 11.1 Å². The summed E-state index contributed by atoms with van der Waals surface area (Å²) in [6.45, 7) is 0.629. The molecule has 31 heavy (non-hydrogen) atoms. The monoisotopic (exact) mass is 426 g/mol. The second-order valence-corrected chi connectivity index (χ2v) is 7.15. The molecule has 1 atom stereocenters. The minimum Gasteiger partial charge on any atom is -0.493 e. The topological polar surface area (TPSA) is 94.2 Å². The Labute approximate surface area is 181 Å². The van der Waals surface area contributed by atoms with Crippen LogP contribution in [0.2, 0.25) is 0 Å². The number of hydrogen-bond donors (Lipinski definition) is 1. The van der Waals surface area contributed by atoms with Gasteiger partial charge in [-0.3, -0.25) is 24.6 Å². The fraction of sp³-hybridized carbons (Fsp3) is 0.348. The Hall–Kier alpha value is -3.39. The molecular weight excluding hydrogens is 400 g/mol. The van der Waals surface area contributed by atoms with Gasteiger partial charge < -0.3 is 14.2 Å². The highest BCUT2D eigenvalue weighted by atomic mass is 16.5. The van der Waals surface area contributed by atoms with Gasteiger partial charge in [-0.25, -0.2) is 0 Å². The summed E-state index contributed by atoms with van der Waals surface area (Å²) in [6.07, 6.45) is 1.34. The molecule has 0 aliphatic carbocycles. The smallest absolute Gasteiger partial charge is 0.257 e. The number of benzene rings is 2. The number of Topliss-reactive ketones (excluding diaryl/α,β-unsaturated/α-hetero) is 1. The molecule has 0 saturated carbocycles. The van der Waals surface area contributed by atoms with Crippen LogP contribution in [0.1, 0.15) is 33.6 Å². The summed E-state index contributed by atoms with van der Waals surface area (Å²) in [5, 5.41) is 2.45. The molecule has 2 aromatic rings. The van der Waals surface area contributed by atoms with Gasteiger partial charge in [0.1, 0.15) is 0 Å². The zero-order chi connectivity index (χ0) is 22.4. The molecule has 1 heterocycles. The Balaban J connectivity index is 1.71. The van der Waals surface area contributed by atoms with E-state index in [2.05, 4.69) is 5.32 Å². The van der Waals surface area contributed by atoms with E-state index in [4.69, 9.17) is 14.2 Å². The standard InChI is InChI=1S/C23H26N2O6/c1-29-19-12-16(13-20(30-2)21(19)31-3)18(26)14-25-11-7-10-17(25)23(28)24-22(27)15-8-5-4-6-9-15/h4-6,8-9,12-13,17H,7,10-11,14H2,1-3H3,(H,24,27,28)/t17-/m1/s1. The zero-order valence-electron chi connectivity index (χ0n) is 17.8. The van der Waals surface area contributed by atoms with E-state index in [9.17, 15) is 14.4 Å². The molecular formula is C23H26N2O6. The average molecular weight is 426 g/mol. The number of ether oxygens (including phenoxy) is 3. The largest absolute Gasteiger partial charge is 0.493 e. The van der Waals surface area contributed by atoms with Crippen LogP contribution in [0, 0.1) is 0 Å². The van der Waals surface area contributed by atoms with Crippen LogP contribution in [0.5, 0.6) is 17.2 Å². The molecule has 8 nitrogen and oxygen atoms in total. The van der Waals surface area contributed by atoms with Crippen molar-refractivity contribution in [3.63, 3.8) is 0 Å². The SMILES string of the molecule is COc1cc(C(=O)CN2CCC[C@@H]2C(=O)NC(=O)c2ccccc2)cc(OC)c1OC. The Morgan fingerprint density at radius 1 is 0.968 bits per heavy atom. The Morgan fingerprint density at radius 3 is 2.19 bits per heavy atom. The number of amides is 2. The lowest BCUT2D eigenvalue weighted by atomic mass is 10.1. The fourth-order valence-corrected chi connectivity index (χ4v) is 3.69. The van der Waals surface area contributed by atoms with Gasteiger partial charge in [0.25, 0.3) is 5.91 Å². The third-order valence-electron chi connectivity index (χ3n) is 5.27. The molecule has 2 aromatic carbocycles. The number of methoxy groups -OCH3 is 3. The Bertz CT molecular complexity index is 935. The maximum atomic E-state index is 13.0. The van der Waals surface area contributed by atoms with Crippen LogP contribution in [-0.2, 0) is 4.79 Å². The first-order valence-corrected chi connectivity index (χ1v) is 9.96. The predicted octanol–water partition coefficient (Wildman–Crippen LogP) is 2.32. The van der Waals surface area contributed by atoms with Gasteiger partial charge in [0.15, 0.2) is 17.3 Å². The van der Waals surface area contributed by atoms with E-state index >= 15 is 0 Å². The molecule has 3 rings (SSSR count). The van der Waals surface area contributed by atoms with Crippen molar-refractivity contribution in [2.75, 3.05) is 34.4 Å². The second kappa shape index (κ2) is 10.1. The average Bonchev–Trinajstić information content (AvgIpc) is 3.26. The normalized spacial score (nSPS) is 15.9. The van der Waals surface area contributed by atoms with E-state index in [-0.39, 0.29) is 12.3 Å². The minimum absolute atomic E-state index is 0.0379. The predicted molar refractivity (Wildman–Crippen MR) is 114 cm³/mol. The first-order chi connectivity index (χ1) is 15.0. The van der Waals surface area contributed by atoms with Gasteiger partial charge in [-0.1, -0.05) is 18.2 Å². The highest BCUT2D eigenvalue weighted by molar-refractivity contribution is 6.06. The summed E-state index contributed by atoms with van der Waals surface area (Å²) >= 11 is 0. The minimum atomic E-state index is -0.543. The fourth-order valence-electron chi connectivity index (χ4n) is 3.69. The lowest BCUT2D eigenvalue weighted by Gasteiger charge is -2.23. The second-order valence-electron chi connectivity index (χ2n) is 7.15. The van der Waals surface area contributed by atoms with Crippen LogP contribution in [0.3, 0.4) is 0 Å². The number of carbonyl (C=O) groups excluding carboxylic acids is 3. The number of nitrogens with one attached hydrogen (secondary N) is 1. The van der Waals surface area contributed by atoms with Crippen LogP contribution in [0.4, 0.5) is 0 Å². The molecule has 1 N–H and O–H groups in total. The van der Waals surface area contributed by atoms with Gasteiger partial charge in [0.05, 0.1) is 33.9 Å². The Kier molecular flexibility index (Phi) is 7.25. The third kappa shape index (κ3) is 5.03. The van der Waals surface area contributed by atoms with Gasteiger partial charge in [-0.2, -0.15) is 0 Å². The van der Waals surface area contributed by atoms with Crippen molar-refractivity contribution in [2.24, 2.45) is 0 Å². The lowest BCUT2D eigenvalue weighted by Crippen LogP contribution is -2.46. The summed E-state index contributed by atoms with van der Waals surface area (Å²) in [4.78, 5) is 39.8. The molecule has 1 fully saturated rings. The number of carbonyl (C=O) groups is 3. The van der Waals surface area contributed by atoms with Crippen molar-refractivity contribution in [1.82, 2.24) is 10.2 Å². The zero-order valence-corrected chi connectivity index (χ0v) is 17.8. The molecule has 164 valence electrons. The number of rotatable bonds is 8. The molecule has 1 aliphatic rings. The molecule has 1 aliphatic heterocycles. The summed E-state index contributed by atoms with van der Waals surface area (Å²) in [5.74, 6) is 0.133. The van der Waals surface area contributed by atoms with Crippen molar-refractivity contribution in [1.29, 1.82) is 0 Å². The molecule has 0 bridgehead atoms. The van der Waals surface area contributed by atoms with Crippen LogP contribution in [0.25, 0.3) is 0 Å². The maximum Gasteiger partial charge on any atom is 0.257 e. The van der Waals surface area contributed by atoms with E-state index in [0.717, 1.165) is 6.42 Å². The third-order valence-corrected chi connectivity index (χ3v) is 5.27. The van der Waals surface area contributed by atoms with Crippen molar-refractivity contribution in [3.05, 3.63) is 53.6 Å². The van der Waals surface area contributed by atoms with E-state index in [1.165, 1.54) is 21.3 Å². The molecule has 0 radical (unpaired) electrons. The van der Waals surface area contributed by atoms with Crippen LogP contribution in [0.15, 0.2) is 42.5 Å². The van der Waals surface area contributed by atoms with Crippen LogP contribution in [-0.4, -0.2) is 63.0 Å². The first kappa shape index (κ1) is 22.3. The van der Waals surface area contributed by atoms with Crippen LogP contribution >= 0.6 is 0 Å². The summed E-state index contributed by atoms with van der Waals surface area (Å²) in [5.41, 5.74) is 0.801. The van der Waals surface area contributed by atoms with E-state index in [1.807, 2.05) is 0 Å². The number of likely N-dealkylation sites (tertiary alicyclic amines) is 1. The summed E-state index contributed by atoms with van der Waals surface area (Å²) in [6, 6.07) is 11.2.